The van der Waals surface area contributed by atoms with Gasteiger partial charge in [-0.3, -0.25) is 19.3 Å². The summed E-state index contributed by atoms with van der Waals surface area (Å²) in [6.45, 7) is 1.19. The fourth-order valence-electron chi connectivity index (χ4n) is 8.56. The highest BCUT2D eigenvalue weighted by atomic mass is 16.7. The zero-order valence-corrected chi connectivity index (χ0v) is 34.7. The van der Waals surface area contributed by atoms with Crippen LogP contribution in [0.4, 0.5) is 10.7 Å². The largest absolute Gasteiger partial charge is 0.507 e. The zero-order valence-electron chi connectivity index (χ0n) is 34.7. The zero-order chi connectivity index (χ0) is 45.3. The van der Waals surface area contributed by atoms with Gasteiger partial charge in [-0.05, 0) is 30.8 Å². The molecule has 22 nitrogen and oxygen atoms in total. The maximum Gasteiger partial charge on any atom is 0.434 e. The summed E-state index contributed by atoms with van der Waals surface area (Å²) in [5.74, 6) is -4.43. The lowest BCUT2D eigenvalue weighted by molar-refractivity contribution is -0.396. The molecule has 2 aromatic carbocycles. The lowest BCUT2D eigenvalue weighted by atomic mass is 9.72. The molecule has 22 heteroatoms. The number of aliphatic hydroxyl groups is 3. The molecule has 2 fully saturated rings. The predicted molar refractivity (Wildman–Crippen MR) is 212 cm³/mol. The molecule has 1 amide bonds. The number of nitrogens with one attached hydrogen (secondary N) is 1. The molecule has 0 saturated carbocycles. The van der Waals surface area contributed by atoms with Gasteiger partial charge in [-0.15, -0.1) is 0 Å². The fourth-order valence-corrected chi connectivity index (χ4v) is 8.56. The Morgan fingerprint density at radius 3 is 2.60 bits per heavy atom. The number of hydrogen-bond donors (Lipinski definition) is 6. The van der Waals surface area contributed by atoms with E-state index in [9.17, 15) is 54.8 Å². The Morgan fingerprint density at radius 1 is 1.13 bits per heavy atom. The number of hydrogen-bond acceptors (Lipinski definition) is 19. The number of nitrogens with zero attached hydrogens (tertiary/aromatic N) is 4. The maximum absolute atomic E-state index is 14.0. The number of ether oxygens (including phenoxy) is 6. The van der Waals surface area contributed by atoms with Crippen molar-refractivity contribution in [3.05, 3.63) is 73.6 Å². The predicted octanol–water partition coefficient (Wildman–Crippen LogP) is 1.07. The van der Waals surface area contributed by atoms with Crippen LogP contribution in [-0.4, -0.2) is 151 Å². The maximum atomic E-state index is 14.0. The quantitative estimate of drug-likeness (QED) is 0.0447. The molecular weight excluding hydrogens is 834 g/mol. The molecule has 4 aliphatic rings. The topological polar surface area (TPSA) is 301 Å². The minimum atomic E-state index is -2.34. The molecule has 2 unspecified atom stereocenters. The number of fused-ring (bicyclic) bond motifs is 3. The Labute approximate surface area is 359 Å². The van der Waals surface area contributed by atoms with Crippen LogP contribution in [-0.2, 0) is 48.6 Å². The molecule has 0 radical (unpaired) electrons. The molecule has 340 valence electrons. The van der Waals surface area contributed by atoms with Crippen LogP contribution in [0.3, 0.4) is 0 Å². The monoisotopic (exact) mass is 883 g/mol. The standard InChI is InChI=1S/C41H49N5O17/c1-20-34(49)24(42-9-12-59-19-28-45(10-4-5-11-60-28)40(54)61-18-21-16-43-39(44(21)2)46(56)57)13-29(62-20)63-26-15-41(55,27(48)17-47)14-23-31(26)38(53)33-32(36(23)51)35(50)22-7-6-8-25(58-3)30(22)37(33)52/h6-8,16,20,24,26,28-29,34,42,47,49,51,53,55H,4-5,9-15,17-19H2,1-3H3/t20-,24?,26-,28?,29-,34+,41-/m0/s1. The average molecular weight is 884 g/mol. The molecule has 7 rings (SSSR count). The first-order valence-corrected chi connectivity index (χ1v) is 20.3. The van der Waals surface area contributed by atoms with E-state index in [-0.39, 0.29) is 60.8 Å². The van der Waals surface area contributed by atoms with E-state index in [1.54, 1.807) is 6.92 Å². The third-order valence-corrected chi connectivity index (χ3v) is 11.9. The summed E-state index contributed by atoms with van der Waals surface area (Å²) in [5.41, 5.74) is -3.67. The fraction of sp³-hybridized carbons (Fsp3) is 0.537. The number of benzene rings is 2. The van der Waals surface area contributed by atoms with E-state index in [1.807, 2.05) is 0 Å². The van der Waals surface area contributed by atoms with Crippen LogP contribution in [0.5, 0.6) is 17.2 Å². The van der Waals surface area contributed by atoms with E-state index in [0.717, 1.165) is 0 Å². The number of phenolic OH excluding ortho intramolecular Hbond substituents is 2. The van der Waals surface area contributed by atoms with Gasteiger partial charge in [0.25, 0.3) is 0 Å². The Balaban J connectivity index is 1.03. The van der Waals surface area contributed by atoms with E-state index in [4.69, 9.17) is 28.4 Å². The van der Waals surface area contributed by atoms with Gasteiger partial charge in [-0.25, -0.2) is 9.36 Å². The number of rotatable bonds is 14. The van der Waals surface area contributed by atoms with Crippen molar-refractivity contribution in [2.75, 3.05) is 46.6 Å². The molecule has 2 aliphatic heterocycles. The number of imidazole rings is 1. The number of aliphatic hydroxyl groups excluding tert-OH is 2. The first-order chi connectivity index (χ1) is 30.1. The van der Waals surface area contributed by atoms with Gasteiger partial charge in [0.05, 0.1) is 62.4 Å². The number of aromatic nitrogens is 2. The highest BCUT2D eigenvalue weighted by Crippen LogP contribution is 2.52. The normalized spacial score (nSPS) is 25.7. The molecule has 3 aromatic rings. The van der Waals surface area contributed by atoms with Crippen molar-refractivity contribution in [3.8, 4) is 17.2 Å². The number of aromatic hydroxyl groups is 2. The van der Waals surface area contributed by atoms with Crippen LogP contribution in [0.25, 0.3) is 0 Å². The second-order valence-corrected chi connectivity index (χ2v) is 15.8. The number of nitro groups is 1. The Morgan fingerprint density at radius 2 is 1.89 bits per heavy atom. The lowest BCUT2D eigenvalue weighted by Gasteiger charge is -2.43. The highest BCUT2D eigenvalue weighted by Gasteiger charge is 2.50. The molecule has 0 spiro atoms. The van der Waals surface area contributed by atoms with Crippen molar-refractivity contribution >= 4 is 29.4 Å². The van der Waals surface area contributed by atoms with E-state index in [1.165, 1.54) is 48.0 Å². The molecule has 3 heterocycles. The Hall–Kier alpha value is -5.59. The van der Waals surface area contributed by atoms with Crippen molar-refractivity contribution in [2.24, 2.45) is 7.05 Å². The third kappa shape index (κ3) is 8.72. The first kappa shape index (κ1) is 45.4. The Bertz CT molecular complexity index is 2280. The summed E-state index contributed by atoms with van der Waals surface area (Å²) in [5, 5.41) is 70.3. The van der Waals surface area contributed by atoms with Crippen molar-refractivity contribution in [3.63, 3.8) is 0 Å². The number of phenols is 2. The van der Waals surface area contributed by atoms with Gasteiger partial charge >= 0.3 is 12.0 Å². The van der Waals surface area contributed by atoms with Gasteiger partial charge in [0, 0.05) is 61.7 Å². The summed E-state index contributed by atoms with van der Waals surface area (Å²) in [6, 6.07) is 3.64. The number of carbonyl (C=O) groups is 4. The lowest BCUT2D eigenvalue weighted by Crippen LogP contribution is -2.55. The smallest absolute Gasteiger partial charge is 0.434 e. The number of Topliss-reactive ketones (excluding diaryl/α,β-unsaturated/α-hetero) is 1. The van der Waals surface area contributed by atoms with Crippen LogP contribution in [0.15, 0.2) is 24.4 Å². The van der Waals surface area contributed by atoms with Gasteiger partial charge in [-0.1, -0.05) is 17.1 Å². The minimum absolute atomic E-state index is 0.0193. The van der Waals surface area contributed by atoms with Crippen molar-refractivity contribution in [1.82, 2.24) is 19.8 Å². The molecular formula is C41H49N5O17. The molecule has 1 aromatic heterocycles. The number of amides is 1. The van der Waals surface area contributed by atoms with Crippen LogP contribution in [0, 0.1) is 10.1 Å². The summed E-state index contributed by atoms with van der Waals surface area (Å²) in [6.07, 6.45) is -4.62. The molecule has 2 saturated heterocycles. The van der Waals surface area contributed by atoms with E-state index in [0.29, 0.717) is 31.7 Å². The van der Waals surface area contributed by atoms with Gasteiger partial charge < -0.3 is 69.4 Å². The summed E-state index contributed by atoms with van der Waals surface area (Å²) >= 11 is 0. The van der Waals surface area contributed by atoms with Gasteiger partial charge in [0.2, 0.25) is 5.78 Å². The second kappa shape index (κ2) is 18.6. The highest BCUT2D eigenvalue weighted by molar-refractivity contribution is 6.31. The van der Waals surface area contributed by atoms with Crippen LogP contribution < -0.4 is 10.1 Å². The molecule has 2 aliphatic carbocycles. The van der Waals surface area contributed by atoms with Gasteiger partial charge in [-0.2, -0.15) is 0 Å². The van der Waals surface area contributed by atoms with Gasteiger partial charge in [0.1, 0.15) is 35.7 Å². The van der Waals surface area contributed by atoms with Crippen molar-refractivity contribution < 1.29 is 78.1 Å². The van der Waals surface area contributed by atoms with E-state index >= 15 is 0 Å². The molecule has 7 atom stereocenters. The van der Waals surface area contributed by atoms with E-state index in [2.05, 4.69) is 10.3 Å². The number of methoxy groups -OCH3 is 1. The molecule has 6 N–H and O–H groups in total. The van der Waals surface area contributed by atoms with Gasteiger partial charge in [0.15, 0.2) is 36.4 Å². The second-order valence-electron chi connectivity index (χ2n) is 15.8. The molecule has 63 heavy (non-hydrogen) atoms. The Kier molecular flexibility index (Phi) is 13.4. The molecule has 0 bridgehead atoms. The van der Waals surface area contributed by atoms with E-state index < -0.39 is 119 Å². The first-order valence-electron chi connectivity index (χ1n) is 20.3. The van der Waals surface area contributed by atoms with Crippen LogP contribution in [0.1, 0.15) is 87.4 Å². The van der Waals surface area contributed by atoms with Crippen molar-refractivity contribution in [1.29, 1.82) is 0 Å². The number of ketones is 3. The third-order valence-electron chi connectivity index (χ3n) is 11.9. The van der Waals surface area contributed by atoms with Crippen LogP contribution >= 0.6 is 0 Å². The van der Waals surface area contributed by atoms with Crippen molar-refractivity contribution in [2.45, 2.75) is 88.1 Å². The SMILES string of the molecule is COc1cccc2c1C(=O)c1c(O)c3c(c(O)c1C2=O)C[C@@](O)(C(=O)CO)C[C@@H]3O[C@H]1CC(NCCOCC2OCCCCN2C(=O)OCc2cnc([N+](=O)[O-])n2C)[C@H](O)[C@H](C)O1. The summed E-state index contributed by atoms with van der Waals surface area (Å²) in [4.78, 5) is 69.5. The summed E-state index contributed by atoms with van der Waals surface area (Å²) < 4.78 is 36.1. The van der Waals surface area contributed by atoms with Crippen LogP contribution in [0.2, 0.25) is 0 Å². The average Bonchev–Trinajstić information content (AvgIpc) is 3.47. The minimum Gasteiger partial charge on any atom is -0.507 e. The summed E-state index contributed by atoms with van der Waals surface area (Å²) in [7, 11) is 2.75. The number of carbonyl (C=O) groups excluding carboxylic acids is 4.